The Morgan fingerprint density at radius 2 is 1.90 bits per heavy atom. The van der Waals surface area contributed by atoms with E-state index in [1.807, 2.05) is 52.2 Å². The Balaban J connectivity index is 1.40. The molecule has 29 heavy (non-hydrogen) atoms. The number of benzene rings is 1. The number of carbonyl (C=O) groups excluding carboxylic acids is 2. The molecule has 1 aliphatic carbocycles. The third-order valence-corrected chi connectivity index (χ3v) is 6.54. The topological polar surface area (TPSA) is 67.2 Å². The summed E-state index contributed by atoms with van der Waals surface area (Å²) in [6.45, 7) is 2.66. The molecule has 6 nitrogen and oxygen atoms in total. The maximum absolute atomic E-state index is 13.1. The Kier molecular flexibility index (Phi) is 5.97. The predicted octanol–water partition coefficient (Wildman–Crippen LogP) is 3.11. The molecule has 2 aromatic rings. The highest BCUT2D eigenvalue weighted by Gasteiger charge is 2.51. The molecule has 2 fully saturated rings. The van der Waals surface area contributed by atoms with Crippen LogP contribution in [-0.4, -0.2) is 46.1 Å². The van der Waals surface area contributed by atoms with Crippen molar-refractivity contribution < 1.29 is 9.59 Å². The number of amides is 2. The van der Waals surface area contributed by atoms with Crippen LogP contribution < -0.4 is 5.32 Å². The van der Waals surface area contributed by atoms with E-state index in [1.54, 1.807) is 6.20 Å². The minimum Gasteiger partial charge on any atom is -0.356 e. The molecule has 6 heteroatoms. The second-order valence-corrected chi connectivity index (χ2v) is 8.44. The van der Waals surface area contributed by atoms with E-state index in [1.165, 1.54) is 6.42 Å². The summed E-state index contributed by atoms with van der Waals surface area (Å²) >= 11 is 0. The van der Waals surface area contributed by atoms with Gasteiger partial charge in [-0.2, -0.15) is 5.10 Å². The molecule has 1 saturated carbocycles. The van der Waals surface area contributed by atoms with Gasteiger partial charge in [-0.15, -0.1) is 0 Å². The minimum absolute atomic E-state index is 0.0459. The first-order valence-electron chi connectivity index (χ1n) is 10.8. The second-order valence-electron chi connectivity index (χ2n) is 8.44. The number of nitrogens with zero attached hydrogens (tertiary/aromatic N) is 3. The van der Waals surface area contributed by atoms with Crippen LogP contribution in [0.5, 0.6) is 0 Å². The van der Waals surface area contributed by atoms with E-state index in [-0.39, 0.29) is 23.1 Å². The lowest BCUT2D eigenvalue weighted by Gasteiger charge is -2.37. The molecule has 1 atom stereocenters. The van der Waals surface area contributed by atoms with E-state index < -0.39 is 0 Å². The molecule has 1 spiro atoms. The van der Waals surface area contributed by atoms with Crippen molar-refractivity contribution in [3.8, 4) is 0 Å². The maximum Gasteiger partial charge on any atom is 0.253 e. The van der Waals surface area contributed by atoms with Gasteiger partial charge in [-0.3, -0.25) is 14.3 Å². The first-order valence-corrected chi connectivity index (χ1v) is 10.8. The Hall–Kier alpha value is -2.63. The quantitative estimate of drug-likeness (QED) is 0.766. The average Bonchev–Trinajstić information content (AvgIpc) is 3.40. The van der Waals surface area contributed by atoms with Crippen LogP contribution in [0.25, 0.3) is 0 Å². The van der Waals surface area contributed by atoms with Gasteiger partial charge in [-0.1, -0.05) is 37.5 Å². The van der Waals surface area contributed by atoms with Crippen LogP contribution in [0.2, 0.25) is 0 Å². The van der Waals surface area contributed by atoms with Gasteiger partial charge in [-0.05, 0) is 37.5 Å². The van der Waals surface area contributed by atoms with Crippen LogP contribution in [0, 0.1) is 11.3 Å². The average molecular weight is 395 g/mol. The monoisotopic (exact) mass is 394 g/mol. The van der Waals surface area contributed by atoms with E-state index in [4.69, 9.17) is 0 Å². The van der Waals surface area contributed by atoms with Crippen molar-refractivity contribution in [1.29, 1.82) is 0 Å². The predicted molar refractivity (Wildman–Crippen MR) is 111 cm³/mol. The van der Waals surface area contributed by atoms with Crippen LogP contribution in [0.1, 0.15) is 48.9 Å². The first kappa shape index (κ1) is 19.7. The molecule has 1 N–H and O–H groups in total. The highest BCUT2D eigenvalue weighted by atomic mass is 16.2. The lowest BCUT2D eigenvalue weighted by Crippen LogP contribution is -2.42. The van der Waals surface area contributed by atoms with Crippen LogP contribution in [0.4, 0.5) is 0 Å². The van der Waals surface area contributed by atoms with Gasteiger partial charge >= 0.3 is 0 Å². The van der Waals surface area contributed by atoms with Gasteiger partial charge in [0.05, 0.1) is 5.92 Å². The number of nitrogens with one attached hydrogen (secondary N) is 1. The number of hydrogen-bond donors (Lipinski definition) is 1. The lowest BCUT2D eigenvalue weighted by molar-refractivity contribution is -0.128. The molecule has 1 unspecified atom stereocenters. The summed E-state index contributed by atoms with van der Waals surface area (Å²) in [5, 5.41) is 7.34. The molecule has 1 aromatic heterocycles. The number of carbonyl (C=O) groups is 2. The fourth-order valence-electron chi connectivity index (χ4n) is 5.02. The Morgan fingerprint density at radius 1 is 1.10 bits per heavy atom. The molecular formula is C23H30N4O2. The van der Waals surface area contributed by atoms with E-state index in [2.05, 4.69) is 10.4 Å². The van der Waals surface area contributed by atoms with Crippen LogP contribution in [0.3, 0.4) is 0 Å². The van der Waals surface area contributed by atoms with E-state index in [9.17, 15) is 9.59 Å². The second kappa shape index (κ2) is 8.80. The number of aromatic nitrogens is 2. The number of likely N-dealkylation sites (tertiary alicyclic amines) is 1. The fraction of sp³-hybridized carbons (Fsp3) is 0.522. The summed E-state index contributed by atoms with van der Waals surface area (Å²) in [6, 6.07) is 11.3. The van der Waals surface area contributed by atoms with Crippen molar-refractivity contribution in [2.75, 3.05) is 19.6 Å². The summed E-state index contributed by atoms with van der Waals surface area (Å²) in [5.74, 6) is 0.0421. The van der Waals surface area contributed by atoms with Crippen LogP contribution in [-0.2, 0) is 11.3 Å². The number of hydrogen-bond acceptors (Lipinski definition) is 3. The number of aryl methyl sites for hydroxylation is 1. The normalized spacial score (nSPS) is 20.7. The SMILES string of the molecule is O=C(NCCCn1cccn1)C1CN(C(=O)c2ccccc2)CC12CCCCC2. The molecule has 154 valence electrons. The molecule has 1 aliphatic heterocycles. The van der Waals surface area contributed by atoms with Gasteiger partial charge in [0, 0.05) is 49.6 Å². The highest BCUT2D eigenvalue weighted by molar-refractivity contribution is 5.95. The van der Waals surface area contributed by atoms with E-state index in [0.717, 1.165) is 38.6 Å². The molecule has 0 bridgehead atoms. The van der Waals surface area contributed by atoms with Gasteiger partial charge < -0.3 is 10.2 Å². The fourth-order valence-corrected chi connectivity index (χ4v) is 5.02. The molecule has 2 aliphatic rings. The molecule has 1 saturated heterocycles. The zero-order valence-corrected chi connectivity index (χ0v) is 16.9. The van der Waals surface area contributed by atoms with Gasteiger partial charge in [0.1, 0.15) is 0 Å². The smallest absolute Gasteiger partial charge is 0.253 e. The van der Waals surface area contributed by atoms with Crippen molar-refractivity contribution in [2.45, 2.75) is 45.1 Å². The standard InChI is InChI=1S/C23H30N4O2/c28-21(24-13-7-15-27-16-8-14-25-27)20-17-26(18-23(20)11-5-2-6-12-23)22(29)19-9-3-1-4-10-19/h1,3-4,8-10,14,16,20H,2,5-7,11-13,15,17-18H2,(H,24,28). The van der Waals surface area contributed by atoms with Crippen molar-refractivity contribution in [3.05, 3.63) is 54.4 Å². The summed E-state index contributed by atoms with van der Waals surface area (Å²) in [4.78, 5) is 28.0. The van der Waals surface area contributed by atoms with E-state index in [0.29, 0.717) is 25.2 Å². The van der Waals surface area contributed by atoms with Gasteiger partial charge in [0.15, 0.2) is 0 Å². The zero-order chi connectivity index (χ0) is 20.1. The Morgan fingerprint density at radius 3 is 2.62 bits per heavy atom. The summed E-state index contributed by atoms with van der Waals surface area (Å²) in [7, 11) is 0. The largest absolute Gasteiger partial charge is 0.356 e. The number of rotatable bonds is 6. The highest BCUT2D eigenvalue weighted by Crippen LogP contribution is 2.47. The van der Waals surface area contributed by atoms with E-state index >= 15 is 0 Å². The summed E-state index contributed by atoms with van der Waals surface area (Å²) in [5.41, 5.74) is 0.646. The Labute approximate surface area is 172 Å². The first-order chi connectivity index (χ1) is 14.2. The molecule has 2 amide bonds. The summed E-state index contributed by atoms with van der Waals surface area (Å²) in [6.07, 6.45) is 10.2. The zero-order valence-electron chi connectivity index (χ0n) is 16.9. The van der Waals surface area contributed by atoms with Gasteiger partial charge in [-0.25, -0.2) is 0 Å². The summed E-state index contributed by atoms with van der Waals surface area (Å²) < 4.78 is 1.88. The van der Waals surface area contributed by atoms with Gasteiger partial charge in [0.2, 0.25) is 5.91 Å². The molecular weight excluding hydrogens is 364 g/mol. The van der Waals surface area contributed by atoms with Crippen molar-refractivity contribution >= 4 is 11.8 Å². The van der Waals surface area contributed by atoms with Crippen molar-refractivity contribution in [3.63, 3.8) is 0 Å². The molecule has 1 aromatic carbocycles. The van der Waals surface area contributed by atoms with Crippen LogP contribution in [0.15, 0.2) is 48.8 Å². The van der Waals surface area contributed by atoms with Crippen LogP contribution >= 0.6 is 0 Å². The van der Waals surface area contributed by atoms with Crippen molar-refractivity contribution in [2.24, 2.45) is 11.3 Å². The molecule has 2 heterocycles. The lowest BCUT2D eigenvalue weighted by atomic mass is 9.67. The third-order valence-electron chi connectivity index (χ3n) is 6.54. The third kappa shape index (κ3) is 4.36. The van der Waals surface area contributed by atoms with Crippen molar-refractivity contribution in [1.82, 2.24) is 20.0 Å². The molecule has 0 radical (unpaired) electrons. The van der Waals surface area contributed by atoms with Gasteiger partial charge in [0.25, 0.3) is 5.91 Å². The molecule has 4 rings (SSSR count). The maximum atomic E-state index is 13.1. The minimum atomic E-state index is -0.111. The Bertz CT molecular complexity index is 813.